The number of hydrogen-bond acceptors (Lipinski definition) is 1. The van der Waals surface area contributed by atoms with Crippen LogP contribution in [0.1, 0.15) is 49.9 Å². The molecule has 1 heterocycles. The molecule has 0 N–H and O–H groups in total. The molecular formula is C54H38S. The van der Waals surface area contributed by atoms with Crippen LogP contribution in [0.15, 0.2) is 158 Å². The van der Waals surface area contributed by atoms with Crippen molar-refractivity contribution in [3.05, 3.63) is 180 Å². The van der Waals surface area contributed by atoms with Gasteiger partial charge >= 0.3 is 0 Å². The first-order chi connectivity index (χ1) is 26.8. The van der Waals surface area contributed by atoms with Crippen molar-refractivity contribution in [1.82, 2.24) is 0 Å². The summed E-state index contributed by atoms with van der Waals surface area (Å²) in [5.41, 5.74) is 16.1. The van der Waals surface area contributed by atoms with Gasteiger partial charge in [0.15, 0.2) is 0 Å². The monoisotopic (exact) mass is 718 g/mol. The second kappa shape index (κ2) is 10.8. The van der Waals surface area contributed by atoms with Crippen LogP contribution in [-0.2, 0) is 10.8 Å². The zero-order valence-electron chi connectivity index (χ0n) is 31.4. The number of benzene rings is 9. The highest BCUT2D eigenvalue weighted by molar-refractivity contribution is 7.25. The van der Waals surface area contributed by atoms with Gasteiger partial charge in [0.25, 0.3) is 0 Å². The standard InChI is InChI=1S/C54H38S/c1-53(2)45-19-11-9-13-34(45)35-24-22-33(29-47(35)53)51-39-17-7-5-15-37(39)50(38-16-6-8-18-40(38)51)32-23-26-46-43(28-32)41-25-21-31-27-44-36-14-10-12-20-48(36)55-49(44)30-42(31)52(41)54(46,3)4/h5-30H,1-4H3. The molecular weight excluding hydrogens is 681 g/mol. The van der Waals surface area contributed by atoms with E-state index < -0.39 is 0 Å². The van der Waals surface area contributed by atoms with Crippen molar-refractivity contribution in [3.63, 3.8) is 0 Å². The molecule has 9 aromatic carbocycles. The van der Waals surface area contributed by atoms with Crippen molar-refractivity contribution in [2.45, 2.75) is 38.5 Å². The topological polar surface area (TPSA) is 0 Å². The maximum Gasteiger partial charge on any atom is 0.0361 e. The van der Waals surface area contributed by atoms with Crippen LogP contribution in [-0.4, -0.2) is 0 Å². The molecule has 10 aromatic rings. The molecule has 12 rings (SSSR count). The minimum atomic E-state index is -0.123. The quantitative estimate of drug-likeness (QED) is 0.156. The molecule has 0 fully saturated rings. The van der Waals surface area contributed by atoms with E-state index >= 15 is 0 Å². The van der Waals surface area contributed by atoms with Gasteiger partial charge in [-0.3, -0.25) is 0 Å². The van der Waals surface area contributed by atoms with Crippen LogP contribution in [0.4, 0.5) is 0 Å². The third-order valence-electron chi connectivity index (χ3n) is 13.2. The predicted octanol–water partition coefficient (Wildman–Crippen LogP) is 15.5. The SMILES string of the molecule is CC1(C)c2ccccc2-c2ccc(-c3c4ccccc4c(-c4ccc5c(c4)-c4ccc6cc7c(cc6c4C5(C)C)sc4ccccc47)c4ccccc34)cc21. The van der Waals surface area contributed by atoms with Crippen LogP contribution in [0.2, 0.25) is 0 Å². The first-order valence-corrected chi connectivity index (χ1v) is 20.3. The summed E-state index contributed by atoms with van der Waals surface area (Å²) >= 11 is 1.91. The second-order valence-corrected chi connectivity index (χ2v) is 17.9. The Morgan fingerprint density at radius 2 is 0.909 bits per heavy atom. The van der Waals surface area contributed by atoms with Crippen LogP contribution >= 0.6 is 11.3 Å². The van der Waals surface area contributed by atoms with E-state index in [0.717, 1.165) is 0 Å². The van der Waals surface area contributed by atoms with Gasteiger partial charge in [-0.25, -0.2) is 0 Å². The van der Waals surface area contributed by atoms with Crippen molar-refractivity contribution in [3.8, 4) is 44.5 Å². The van der Waals surface area contributed by atoms with Gasteiger partial charge in [-0.05, 0) is 129 Å². The molecule has 0 radical (unpaired) electrons. The molecule has 2 aliphatic carbocycles. The third-order valence-corrected chi connectivity index (χ3v) is 14.4. The van der Waals surface area contributed by atoms with Gasteiger partial charge in [0.2, 0.25) is 0 Å². The number of thiophene rings is 1. The average molecular weight is 719 g/mol. The molecule has 1 aromatic heterocycles. The van der Waals surface area contributed by atoms with Crippen molar-refractivity contribution in [1.29, 1.82) is 0 Å². The Kier molecular flexibility index (Phi) is 6.16. The minimum absolute atomic E-state index is 0.0584. The van der Waals surface area contributed by atoms with Crippen LogP contribution in [0, 0.1) is 0 Å². The van der Waals surface area contributed by atoms with Crippen molar-refractivity contribution < 1.29 is 0 Å². The molecule has 0 spiro atoms. The van der Waals surface area contributed by atoms with Crippen molar-refractivity contribution >= 4 is 63.8 Å². The van der Waals surface area contributed by atoms with E-state index in [9.17, 15) is 0 Å². The average Bonchev–Trinajstić information content (AvgIpc) is 3.77. The molecule has 0 atom stereocenters. The molecule has 0 saturated carbocycles. The third kappa shape index (κ3) is 4.12. The van der Waals surface area contributed by atoms with Gasteiger partial charge < -0.3 is 0 Å². The summed E-state index contributed by atoms with van der Waals surface area (Å²) in [5, 5.41) is 10.6. The van der Waals surface area contributed by atoms with E-state index in [1.165, 1.54) is 119 Å². The fourth-order valence-electron chi connectivity index (χ4n) is 10.7. The summed E-state index contributed by atoms with van der Waals surface area (Å²) in [5.74, 6) is 0. The highest BCUT2D eigenvalue weighted by atomic mass is 32.1. The highest BCUT2D eigenvalue weighted by Gasteiger charge is 2.38. The number of rotatable bonds is 2. The molecule has 0 unspecified atom stereocenters. The number of fused-ring (bicyclic) bond motifs is 13. The van der Waals surface area contributed by atoms with Crippen LogP contribution in [0.3, 0.4) is 0 Å². The lowest BCUT2D eigenvalue weighted by Gasteiger charge is -2.24. The molecule has 260 valence electrons. The Morgan fingerprint density at radius 3 is 1.64 bits per heavy atom. The Hall–Kier alpha value is -6.02. The first kappa shape index (κ1) is 31.3. The lowest BCUT2D eigenvalue weighted by molar-refractivity contribution is 0.660. The lowest BCUT2D eigenvalue weighted by Crippen LogP contribution is -2.15. The van der Waals surface area contributed by atoms with Crippen molar-refractivity contribution in [2.24, 2.45) is 0 Å². The van der Waals surface area contributed by atoms with Gasteiger partial charge in [0.1, 0.15) is 0 Å². The van der Waals surface area contributed by atoms with Crippen LogP contribution in [0.5, 0.6) is 0 Å². The molecule has 55 heavy (non-hydrogen) atoms. The molecule has 0 nitrogen and oxygen atoms in total. The van der Waals surface area contributed by atoms with E-state index in [-0.39, 0.29) is 10.8 Å². The summed E-state index contributed by atoms with van der Waals surface area (Å²) in [4.78, 5) is 0. The normalized spacial score (nSPS) is 14.8. The van der Waals surface area contributed by atoms with E-state index in [1.54, 1.807) is 0 Å². The van der Waals surface area contributed by atoms with Gasteiger partial charge in [0.05, 0.1) is 0 Å². The Labute approximate surface area is 325 Å². The van der Waals surface area contributed by atoms with Gasteiger partial charge in [0, 0.05) is 31.0 Å². The minimum Gasteiger partial charge on any atom is -0.135 e. The molecule has 1 heteroatoms. The Balaban J connectivity index is 1.07. The summed E-state index contributed by atoms with van der Waals surface area (Å²) in [6, 6.07) is 60.1. The summed E-state index contributed by atoms with van der Waals surface area (Å²) in [6.45, 7) is 9.59. The highest BCUT2D eigenvalue weighted by Crippen LogP contribution is 2.55. The lowest BCUT2D eigenvalue weighted by atomic mass is 9.79. The summed E-state index contributed by atoms with van der Waals surface area (Å²) in [6.07, 6.45) is 0. The van der Waals surface area contributed by atoms with Gasteiger partial charge in [-0.2, -0.15) is 0 Å². The predicted molar refractivity (Wildman–Crippen MR) is 238 cm³/mol. The molecule has 2 aliphatic rings. The van der Waals surface area contributed by atoms with E-state index in [2.05, 4.69) is 185 Å². The second-order valence-electron chi connectivity index (χ2n) is 16.8. The van der Waals surface area contributed by atoms with E-state index in [0.29, 0.717) is 0 Å². The molecule has 0 saturated heterocycles. The number of hydrogen-bond donors (Lipinski definition) is 0. The Bertz CT molecular complexity index is 3260. The van der Waals surface area contributed by atoms with Crippen LogP contribution in [0.25, 0.3) is 97.0 Å². The Morgan fingerprint density at radius 1 is 0.345 bits per heavy atom. The zero-order valence-corrected chi connectivity index (χ0v) is 32.2. The molecule has 0 bridgehead atoms. The summed E-state index contributed by atoms with van der Waals surface area (Å²) in [7, 11) is 0. The van der Waals surface area contributed by atoms with Crippen molar-refractivity contribution in [2.75, 3.05) is 0 Å². The maximum absolute atomic E-state index is 2.50. The largest absolute Gasteiger partial charge is 0.135 e. The van der Waals surface area contributed by atoms with Gasteiger partial charge in [-0.1, -0.05) is 155 Å². The first-order valence-electron chi connectivity index (χ1n) is 19.5. The fourth-order valence-corrected chi connectivity index (χ4v) is 11.8. The summed E-state index contributed by atoms with van der Waals surface area (Å²) < 4.78 is 2.72. The van der Waals surface area contributed by atoms with E-state index in [4.69, 9.17) is 0 Å². The van der Waals surface area contributed by atoms with Gasteiger partial charge in [-0.15, -0.1) is 11.3 Å². The fraction of sp³-hybridized carbons (Fsp3) is 0.111. The molecule has 0 amide bonds. The van der Waals surface area contributed by atoms with E-state index in [1.807, 2.05) is 11.3 Å². The smallest absolute Gasteiger partial charge is 0.0361 e. The zero-order chi connectivity index (χ0) is 36.8. The maximum atomic E-state index is 2.50. The molecule has 0 aliphatic heterocycles. The van der Waals surface area contributed by atoms with Crippen LogP contribution < -0.4 is 0 Å².